The highest BCUT2D eigenvalue weighted by Gasteiger charge is 2.38. The van der Waals surface area contributed by atoms with Crippen molar-refractivity contribution in [3.63, 3.8) is 0 Å². The molecule has 0 saturated carbocycles. The van der Waals surface area contributed by atoms with E-state index in [1.807, 2.05) is 36.4 Å². The Morgan fingerprint density at radius 3 is 1.31 bits per heavy atom. The summed E-state index contributed by atoms with van der Waals surface area (Å²) < 4.78 is 0. The SMILES string of the molecule is CC(Cc1ccccc1)(/N=N/C(C)(Cc1ccccc1)C(=O)O)C(=O)O. The highest BCUT2D eigenvalue weighted by molar-refractivity contribution is 5.80. The molecule has 0 aromatic heterocycles. The van der Waals surface area contributed by atoms with Gasteiger partial charge >= 0.3 is 11.9 Å². The number of benzene rings is 2. The predicted octanol–water partition coefficient (Wildman–Crippen LogP) is 3.61. The molecule has 0 radical (unpaired) electrons. The quantitative estimate of drug-likeness (QED) is 0.707. The summed E-state index contributed by atoms with van der Waals surface area (Å²) in [6.45, 7) is 2.88. The van der Waals surface area contributed by atoms with Crippen molar-refractivity contribution in [1.82, 2.24) is 0 Å². The van der Waals surface area contributed by atoms with Gasteiger partial charge in [0.1, 0.15) is 0 Å². The molecular weight excluding hydrogens is 332 g/mol. The fraction of sp³-hybridized carbons (Fsp3) is 0.300. The third-order valence-corrected chi connectivity index (χ3v) is 4.20. The second kappa shape index (κ2) is 7.91. The van der Waals surface area contributed by atoms with Gasteiger partial charge in [-0.2, -0.15) is 10.2 Å². The van der Waals surface area contributed by atoms with Gasteiger partial charge in [-0.15, -0.1) is 0 Å². The van der Waals surface area contributed by atoms with E-state index >= 15 is 0 Å². The number of carbonyl (C=O) groups is 2. The Hall–Kier alpha value is -3.02. The average molecular weight is 354 g/mol. The Labute approximate surface area is 152 Å². The molecule has 0 saturated heterocycles. The van der Waals surface area contributed by atoms with Crippen LogP contribution in [0.1, 0.15) is 25.0 Å². The van der Waals surface area contributed by atoms with Gasteiger partial charge in [-0.05, 0) is 25.0 Å². The van der Waals surface area contributed by atoms with Crippen molar-refractivity contribution in [1.29, 1.82) is 0 Å². The van der Waals surface area contributed by atoms with Crippen molar-refractivity contribution in [3.05, 3.63) is 71.8 Å². The minimum absolute atomic E-state index is 0.119. The predicted molar refractivity (Wildman–Crippen MR) is 97.2 cm³/mol. The van der Waals surface area contributed by atoms with Crippen LogP contribution in [0.5, 0.6) is 0 Å². The van der Waals surface area contributed by atoms with Crippen LogP contribution in [0.4, 0.5) is 0 Å². The summed E-state index contributed by atoms with van der Waals surface area (Å²) in [5, 5.41) is 27.2. The smallest absolute Gasteiger partial charge is 0.333 e. The number of nitrogens with zero attached hydrogens (tertiary/aromatic N) is 2. The van der Waals surface area contributed by atoms with Crippen LogP contribution >= 0.6 is 0 Å². The normalized spacial score (nSPS) is 15.9. The van der Waals surface area contributed by atoms with Crippen molar-refractivity contribution >= 4 is 11.9 Å². The van der Waals surface area contributed by atoms with Gasteiger partial charge in [0.25, 0.3) is 0 Å². The van der Waals surface area contributed by atoms with E-state index in [9.17, 15) is 19.8 Å². The molecule has 2 unspecified atom stereocenters. The number of azo groups is 1. The van der Waals surface area contributed by atoms with Gasteiger partial charge < -0.3 is 10.2 Å². The molecule has 2 atom stereocenters. The molecule has 2 rings (SSSR count). The Kier molecular flexibility index (Phi) is 5.87. The summed E-state index contributed by atoms with van der Waals surface area (Å²) in [5.41, 5.74) is -1.52. The van der Waals surface area contributed by atoms with Crippen LogP contribution in [-0.2, 0) is 22.4 Å². The number of hydrogen-bond acceptors (Lipinski definition) is 4. The minimum atomic E-state index is -1.55. The standard InChI is InChI=1S/C20H22N2O4/c1-19(17(23)24,13-15-9-5-3-6-10-15)21-22-20(2,18(25)26)14-16-11-7-4-8-12-16/h3-12H,13-14H2,1-2H3,(H,23,24)(H,25,26)/b22-21+. The maximum Gasteiger partial charge on any atom is 0.333 e. The van der Waals surface area contributed by atoms with Gasteiger partial charge in [0.05, 0.1) is 0 Å². The highest BCUT2D eigenvalue weighted by atomic mass is 16.4. The highest BCUT2D eigenvalue weighted by Crippen LogP contribution is 2.24. The monoisotopic (exact) mass is 354 g/mol. The molecule has 136 valence electrons. The van der Waals surface area contributed by atoms with Crippen LogP contribution in [0, 0.1) is 0 Å². The van der Waals surface area contributed by atoms with E-state index in [2.05, 4.69) is 10.2 Å². The maximum atomic E-state index is 11.8. The molecule has 0 amide bonds. The Bertz CT molecular complexity index is 724. The molecule has 0 aliphatic carbocycles. The second-order valence-corrected chi connectivity index (χ2v) is 6.68. The molecule has 0 aliphatic rings. The van der Waals surface area contributed by atoms with Gasteiger partial charge in [-0.25, -0.2) is 9.59 Å². The van der Waals surface area contributed by atoms with E-state index in [-0.39, 0.29) is 12.8 Å². The van der Waals surface area contributed by atoms with E-state index in [0.29, 0.717) is 0 Å². The van der Waals surface area contributed by atoms with E-state index in [1.54, 1.807) is 24.3 Å². The number of carboxylic acid groups (broad SMARTS) is 2. The van der Waals surface area contributed by atoms with Gasteiger partial charge in [-0.3, -0.25) is 0 Å². The summed E-state index contributed by atoms with van der Waals surface area (Å²) in [4.78, 5) is 23.5. The number of aliphatic carboxylic acids is 2. The zero-order chi connectivity index (χ0) is 19.2. The van der Waals surface area contributed by atoms with Crippen LogP contribution in [0.15, 0.2) is 70.9 Å². The molecule has 0 bridgehead atoms. The first-order valence-electron chi connectivity index (χ1n) is 8.24. The third-order valence-electron chi connectivity index (χ3n) is 4.20. The molecule has 6 nitrogen and oxygen atoms in total. The number of carboxylic acids is 2. The lowest BCUT2D eigenvalue weighted by Gasteiger charge is -2.23. The van der Waals surface area contributed by atoms with Crippen molar-refractivity contribution in [2.45, 2.75) is 37.8 Å². The molecule has 2 N–H and O–H groups in total. The molecule has 0 aliphatic heterocycles. The van der Waals surface area contributed by atoms with Crippen LogP contribution < -0.4 is 0 Å². The van der Waals surface area contributed by atoms with Crippen LogP contribution in [-0.4, -0.2) is 33.2 Å². The lowest BCUT2D eigenvalue weighted by Crippen LogP contribution is -2.39. The molecular formula is C20H22N2O4. The molecule has 6 heteroatoms. The van der Waals surface area contributed by atoms with Gasteiger partial charge in [0.15, 0.2) is 11.1 Å². The Morgan fingerprint density at radius 2 is 1.04 bits per heavy atom. The Balaban J connectivity index is 2.30. The van der Waals surface area contributed by atoms with Gasteiger partial charge in [0, 0.05) is 12.8 Å². The Morgan fingerprint density at radius 1 is 0.731 bits per heavy atom. The largest absolute Gasteiger partial charge is 0.479 e. The number of hydrogen-bond donors (Lipinski definition) is 2. The van der Waals surface area contributed by atoms with Crippen molar-refractivity contribution in [2.24, 2.45) is 10.2 Å². The molecule has 2 aromatic rings. The van der Waals surface area contributed by atoms with Crippen LogP contribution in [0.25, 0.3) is 0 Å². The first kappa shape index (κ1) is 19.3. The lowest BCUT2D eigenvalue weighted by molar-refractivity contribution is -0.145. The minimum Gasteiger partial charge on any atom is -0.479 e. The summed E-state index contributed by atoms with van der Waals surface area (Å²) >= 11 is 0. The van der Waals surface area contributed by atoms with Gasteiger partial charge in [0.2, 0.25) is 0 Å². The summed E-state index contributed by atoms with van der Waals surface area (Å²) in [7, 11) is 0. The molecule has 0 heterocycles. The zero-order valence-corrected chi connectivity index (χ0v) is 14.8. The fourth-order valence-corrected chi connectivity index (χ4v) is 2.51. The van der Waals surface area contributed by atoms with Crippen molar-refractivity contribution in [3.8, 4) is 0 Å². The van der Waals surface area contributed by atoms with E-state index in [0.717, 1.165) is 11.1 Å². The van der Waals surface area contributed by atoms with Crippen LogP contribution in [0.3, 0.4) is 0 Å². The lowest BCUT2D eigenvalue weighted by atomic mass is 9.92. The molecule has 2 aromatic carbocycles. The van der Waals surface area contributed by atoms with Crippen LogP contribution in [0.2, 0.25) is 0 Å². The molecule has 0 fully saturated rings. The maximum absolute atomic E-state index is 11.8. The summed E-state index contributed by atoms with van der Waals surface area (Å²) in [6, 6.07) is 18.1. The summed E-state index contributed by atoms with van der Waals surface area (Å²) in [6.07, 6.45) is 0.238. The topological polar surface area (TPSA) is 99.3 Å². The third kappa shape index (κ3) is 4.75. The average Bonchev–Trinajstić information content (AvgIpc) is 2.61. The van der Waals surface area contributed by atoms with E-state index in [4.69, 9.17) is 0 Å². The second-order valence-electron chi connectivity index (χ2n) is 6.68. The molecule has 0 spiro atoms. The van der Waals surface area contributed by atoms with E-state index < -0.39 is 23.0 Å². The van der Waals surface area contributed by atoms with E-state index in [1.165, 1.54) is 13.8 Å². The van der Waals surface area contributed by atoms with Gasteiger partial charge in [-0.1, -0.05) is 60.7 Å². The first-order chi connectivity index (χ1) is 12.3. The first-order valence-corrected chi connectivity index (χ1v) is 8.24. The number of rotatable bonds is 8. The fourth-order valence-electron chi connectivity index (χ4n) is 2.51. The summed E-state index contributed by atoms with van der Waals surface area (Å²) in [5.74, 6) is -2.31. The van der Waals surface area contributed by atoms with Crippen molar-refractivity contribution in [2.75, 3.05) is 0 Å². The molecule has 26 heavy (non-hydrogen) atoms. The zero-order valence-electron chi connectivity index (χ0n) is 14.8. The van der Waals surface area contributed by atoms with Crippen molar-refractivity contribution < 1.29 is 19.8 Å².